The second kappa shape index (κ2) is 12.2. The van der Waals surface area contributed by atoms with Crippen LogP contribution in [0.15, 0.2) is 84.9 Å². The Balaban J connectivity index is 1.60. The number of rotatable bonds is 8. The van der Waals surface area contributed by atoms with E-state index < -0.39 is 23.6 Å². The molecule has 1 unspecified atom stereocenters. The van der Waals surface area contributed by atoms with Crippen molar-refractivity contribution < 1.29 is 27.9 Å². The predicted molar refractivity (Wildman–Crippen MR) is 169 cm³/mol. The number of benzene rings is 4. The highest BCUT2D eigenvalue weighted by Crippen LogP contribution is 2.39. The number of nitrogens with one attached hydrogen (secondary N) is 2. The van der Waals surface area contributed by atoms with Gasteiger partial charge in [0.1, 0.15) is 5.82 Å². The summed E-state index contributed by atoms with van der Waals surface area (Å²) in [6, 6.07) is 22.1. The Kier molecular flexibility index (Phi) is 8.56. The molecule has 0 saturated carbocycles. The number of hydrogen-bond acceptors (Lipinski definition) is 3. The van der Waals surface area contributed by atoms with Gasteiger partial charge in [-0.2, -0.15) is 13.2 Å². The highest BCUT2D eigenvalue weighted by atomic mass is 19.4. The summed E-state index contributed by atoms with van der Waals surface area (Å²) in [6.07, 6.45) is -3.20. The van der Waals surface area contributed by atoms with Crippen LogP contribution in [0.25, 0.3) is 33.5 Å². The van der Waals surface area contributed by atoms with E-state index >= 15 is 0 Å². The molecule has 0 fully saturated rings. The number of hydrogen-bond donors (Lipinski definition) is 3. The molecule has 3 N–H and O–H groups in total. The molecule has 1 heterocycles. The molecule has 0 radical (unpaired) electrons. The monoisotopic (exact) mass is 613 g/mol. The first-order chi connectivity index (χ1) is 21.3. The molecule has 5 aromatic rings. The van der Waals surface area contributed by atoms with Crippen LogP contribution in [0.1, 0.15) is 84.0 Å². The van der Waals surface area contributed by atoms with Gasteiger partial charge in [0.05, 0.1) is 28.2 Å². The summed E-state index contributed by atoms with van der Waals surface area (Å²) in [5.74, 6) is -1.57. The molecule has 0 spiro atoms. The van der Waals surface area contributed by atoms with Crippen molar-refractivity contribution in [2.75, 3.05) is 0 Å². The summed E-state index contributed by atoms with van der Waals surface area (Å²) < 4.78 is 41.7. The number of carbonyl (C=O) groups excluding carboxylic acids is 1. The van der Waals surface area contributed by atoms with Gasteiger partial charge in [0.25, 0.3) is 5.91 Å². The summed E-state index contributed by atoms with van der Waals surface area (Å²) in [5, 5.41) is 13.2. The maximum atomic E-state index is 13.9. The first kappa shape index (κ1) is 31.5. The van der Waals surface area contributed by atoms with Crippen LogP contribution >= 0.6 is 0 Å². The lowest BCUT2D eigenvalue weighted by Crippen LogP contribution is -2.28. The largest absolute Gasteiger partial charge is 0.478 e. The van der Waals surface area contributed by atoms with E-state index in [1.165, 1.54) is 24.3 Å². The first-order valence-electron chi connectivity index (χ1n) is 14.7. The van der Waals surface area contributed by atoms with E-state index in [0.29, 0.717) is 28.8 Å². The number of halogens is 3. The number of carbonyl (C=O) groups is 2. The Hall–Kier alpha value is -4.92. The van der Waals surface area contributed by atoms with Crippen LogP contribution < -0.4 is 5.32 Å². The standard InChI is InChI=1S/C36H34F3N3O3/c1-5-9-29(21-10-7-6-8-11-21)42-33(43)22-12-15-25(28(18-22)34(44)45)27-19-24(36(37,38)39)13-16-26(27)32-40-30-17-14-23(35(2,3)4)20-31(30)41-32/h6-8,10-20,29H,5,9H2,1-4H3,(H,40,41)(H,42,43)(H,44,45). The van der Waals surface area contributed by atoms with Crippen molar-refractivity contribution in [3.8, 4) is 22.5 Å². The Labute approximate surface area is 259 Å². The third-order valence-corrected chi connectivity index (χ3v) is 7.84. The minimum atomic E-state index is -4.67. The predicted octanol–water partition coefficient (Wildman–Crippen LogP) is 9.18. The van der Waals surface area contributed by atoms with E-state index in [4.69, 9.17) is 0 Å². The van der Waals surface area contributed by atoms with Gasteiger partial charge in [0, 0.05) is 11.1 Å². The Morgan fingerprint density at radius 3 is 2.20 bits per heavy atom. The van der Waals surface area contributed by atoms with E-state index in [2.05, 4.69) is 36.1 Å². The van der Waals surface area contributed by atoms with Crippen LogP contribution in [-0.4, -0.2) is 27.0 Å². The third-order valence-electron chi connectivity index (χ3n) is 7.84. The molecule has 1 amide bonds. The first-order valence-corrected chi connectivity index (χ1v) is 14.7. The average molecular weight is 614 g/mol. The van der Waals surface area contributed by atoms with Gasteiger partial charge in [-0.05, 0) is 70.5 Å². The lowest BCUT2D eigenvalue weighted by molar-refractivity contribution is -0.137. The Morgan fingerprint density at radius 2 is 1.56 bits per heavy atom. The van der Waals surface area contributed by atoms with Crippen molar-refractivity contribution in [2.45, 2.75) is 58.2 Å². The number of imidazole rings is 1. The van der Waals surface area contributed by atoms with Gasteiger partial charge in [-0.3, -0.25) is 4.79 Å². The van der Waals surface area contributed by atoms with Crippen LogP contribution in [0.2, 0.25) is 0 Å². The molecule has 6 nitrogen and oxygen atoms in total. The fraction of sp³-hybridized carbons (Fsp3) is 0.250. The zero-order valence-electron chi connectivity index (χ0n) is 25.4. The van der Waals surface area contributed by atoms with E-state index in [1.807, 2.05) is 55.5 Å². The molecule has 1 aromatic heterocycles. The summed E-state index contributed by atoms with van der Waals surface area (Å²) in [4.78, 5) is 33.7. The summed E-state index contributed by atoms with van der Waals surface area (Å²) in [5.41, 5.74) is 2.34. The molecular weight excluding hydrogens is 579 g/mol. The molecular formula is C36H34F3N3O3. The van der Waals surface area contributed by atoms with Crippen molar-refractivity contribution in [3.63, 3.8) is 0 Å². The normalized spacial score (nSPS) is 12.7. The molecule has 0 aliphatic rings. The van der Waals surface area contributed by atoms with Gasteiger partial charge in [-0.15, -0.1) is 0 Å². The number of carboxylic acids is 1. The Morgan fingerprint density at radius 1 is 0.867 bits per heavy atom. The molecule has 0 saturated heterocycles. The van der Waals surface area contributed by atoms with E-state index in [0.717, 1.165) is 29.7 Å². The van der Waals surface area contributed by atoms with Crippen LogP contribution in [-0.2, 0) is 11.6 Å². The molecule has 1 atom stereocenters. The number of aromatic amines is 1. The van der Waals surface area contributed by atoms with E-state index in [1.54, 1.807) is 0 Å². The second-order valence-corrected chi connectivity index (χ2v) is 12.1. The van der Waals surface area contributed by atoms with Gasteiger partial charge in [0.15, 0.2) is 0 Å². The number of carboxylic acid groups (broad SMARTS) is 1. The van der Waals surface area contributed by atoms with Crippen molar-refractivity contribution in [1.29, 1.82) is 0 Å². The maximum Gasteiger partial charge on any atom is 0.416 e. The zero-order chi connectivity index (χ0) is 32.5. The van der Waals surface area contributed by atoms with Crippen LogP contribution in [0.3, 0.4) is 0 Å². The average Bonchev–Trinajstić information content (AvgIpc) is 3.43. The van der Waals surface area contributed by atoms with Gasteiger partial charge in [-0.1, -0.05) is 82.6 Å². The third kappa shape index (κ3) is 6.77. The second-order valence-electron chi connectivity index (χ2n) is 12.1. The summed E-state index contributed by atoms with van der Waals surface area (Å²) in [6.45, 7) is 8.21. The highest BCUT2D eigenvalue weighted by Gasteiger charge is 2.32. The smallest absolute Gasteiger partial charge is 0.416 e. The number of fused-ring (bicyclic) bond motifs is 1. The maximum absolute atomic E-state index is 13.9. The topological polar surface area (TPSA) is 95.1 Å². The lowest BCUT2D eigenvalue weighted by Gasteiger charge is -2.19. The Bertz CT molecular complexity index is 1870. The van der Waals surface area contributed by atoms with E-state index in [9.17, 15) is 27.9 Å². The van der Waals surface area contributed by atoms with E-state index in [-0.39, 0.29) is 33.7 Å². The minimum absolute atomic E-state index is 0.0254. The number of aromatic carboxylic acids is 1. The number of alkyl halides is 3. The quantitative estimate of drug-likeness (QED) is 0.163. The van der Waals surface area contributed by atoms with Gasteiger partial charge >= 0.3 is 12.1 Å². The van der Waals surface area contributed by atoms with Crippen LogP contribution in [0, 0.1) is 0 Å². The number of amides is 1. The number of nitrogens with zero attached hydrogens (tertiary/aromatic N) is 1. The van der Waals surface area contributed by atoms with Crippen LogP contribution in [0.5, 0.6) is 0 Å². The van der Waals surface area contributed by atoms with Crippen molar-refractivity contribution >= 4 is 22.9 Å². The molecule has 0 aliphatic carbocycles. The number of aromatic nitrogens is 2. The van der Waals surface area contributed by atoms with Gasteiger partial charge in [0.2, 0.25) is 0 Å². The van der Waals surface area contributed by atoms with Crippen molar-refractivity contribution in [1.82, 2.24) is 15.3 Å². The summed E-state index contributed by atoms with van der Waals surface area (Å²) in [7, 11) is 0. The van der Waals surface area contributed by atoms with Crippen molar-refractivity contribution in [2.24, 2.45) is 0 Å². The summed E-state index contributed by atoms with van der Waals surface area (Å²) >= 11 is 0. The molecule has 9 heteroatoms. The molecule has 4 aromatic carbocycles. The number of H-pyrrole nitrogens is 1. The molecule has 5 rings (SSSR count). The fourth-order valence-electron chi connectivity index (χ4n) is 5.39. The van der Waals surface area contributed by atoms with Crippen LogP contribution in [0.4, 0.5) is 13.2 Å². The molecule has 0 aliphatic heterocycles. The van der Waals surface area contributed by atoms with Gasteiger partial charge in [-0.25, -0.2) is 9.78 Å². The SMILES string of the molecule is CCCC(NC(=O)c1ccc(-c2cc(C(F)(F)F)ccc2-c2nc3ccc(C(C)(C)C)cc3[nH]2)c(C(=O)O)c1)c1ccccc1. The minimum Gasteiger partial charge on any atom is -0.478 e. The van der Waals surface area contributed by atoms with Crippen molar-refractivity contribution in [3.05, 3.63) is 113 Å². The lowest BCUT2D eigenvalue weighted by atomic mass is 9.87. The molecule has 45 heavy (non-hydrogen) atoms. The zero-order valence-corrected chi connectivity index (χ0v) is 25.4. The van der Waals surface area contributed by atoms with Gasteiger partial charge < -0.3 is 15.4 Å². The molecule has 0 bridgehead atoms. The fourth-order valence-corrected chi connectivity index (χ4v) is 5.39. The highest BCUT2D eigenvalue weighted by molar-refractivity contribution is 6.03. The molecule has 232 valence electrons.